The number of hydrogen-bond acceptors (Lipinski definition) is 1. The van der Waals surface area contributed by atoms with Crippen molar-refractivity contribution in [2.45, 2.75) is 19.3 Å². The minimum absolute atomic E-state index is 0.00551. The minimum atomic E-state index is 0.00551. The predicted molar refractivity (Wildman–Crippen MR) is 132 cm³/mol. The van der Waals surface area contributed by atoms with Crippen molar-refractivity contribution in [2.75, 3.05) is 0 Å². The van der Waals surface area contributed by atoms with E-state index in [1.807, 2.05) is 0 Å². The van der Waals surface area contributed by atoms with Gasteiger partial charge in [0, 0.05) is 12.5 Å². The molecule has 0 amide bonds. The maximum Gasteiger partial charge on any atom is 0.215 e. The van der Waals surface area contributed by atoms with Crippen molar-refractivity contribution >= 4 is 27.8 Å². The van der Waals surface area contributed by atoms with Crippen molar-refractivity contribution in [2.24, 2.45) is 7.05 Å². The van der Waals surface area contributed by atoms with E-state index in [9.17, 15) is 0 Å². The first-order valence-electron chi connectivity index (χ1n) is 11.1. The Labute approximate surface area is 186 Å². The van der Waals surface area contributed by atoms with Crippen molar-refractivity contribution in [3.05, 3.63) is 96.1 Å². The number of aromatic nitrogens is 3. The van der Waals surface area contributed by atoms with Gasteiger partial charge in [-0.25, -0.2) is 4.98 Å². The molecule has 6 aromatic rings. The maximum absolute atomic E-state index is 4.92. The smallest absolute Gasteiger partial charge is 0.215 e. The molecule has 0 unspecified atom stereocenters. The monoisotopic (exact) mass is 413 g/mol. The van der Waals surface area contributed by atoms with Gasteiger partial charge in [0.05, 0.1) is 22.1 Å². The second-order valence-corrected chi connectivity index (χ2v) is 9.43. The standard InChI is InChI=1S/C29H23N3/c1-29(2)22-9-5-4-8-20(22)21-14-12-18(16-23(21)29)19-13-15-24-27(17-19)32-26-11-7-6-10-25(26)31(3)28(32)30-24/h4-17H,1-3H3. The summed E-state index contributed by atoms with van der Waals surface area (Å²) in [5.74, 6) is 0.976. The van der Waals surface area contributed by atoms with Crippen LogP contribution in [-0.2, 0) is 12.5 Å². The number of nitrogens with zero attached hydrogens (tertiary/aromatic N) is 3. The van der Waals surface area contributed by atoms with E-state index in [-0.39, 0.29) is 5.41 Å². The van der Waals surface area contributed by atoms with E-state index in [0.717, 1.165) is 16.8 Å². The molecular formula is C29H23N3. The molecule has 0 fully saturated rings. The second-order valence-electron chi connectivity index (χ2n) is 9.43. The van der Waals surface area contributed by atoms with Gasteiger partial charge in [0.2, 0.25) is 5.78 Å². The number of hydrogen-bond donors (Lipinski definition) is 0. The highest BCUT2D eigenvalue weighted by atomic mass is 15.2. The number of imidazole rings is 2. The maximum atomic E-state index is 4.92. The van der Waals surface area contributed by atoms with Crippen molar-refractivity contribution in [1.82, 2.24) is 14.0 Å². The molecule has 0 bridgehead atoms. The zero-order valence-electron chi connectivity index (χ0n) is 18.4. The van der Waals surface area contributed by atoms with Crippen molar-refractivity contribution in [3.63, 3.8) is 0 Å². The molecule has 0 spiro atoms. The van der Waals surface area contributed by atoms with Gasteiger partial charge in [-0.05, 0) is 63.7 Å². The lowest BCUT2D eigenvalue weighted by Crippen LogP contribution is -2.14. The highest BCUT2D eigenvalue weighted by Gasteiger charge is 2.35. The van der Waals surface area contributed by atoms with Gasteiger partial charge < -0.3 is 4.57 Å². The van der Waals surface area contributed by atoms with Gasteiger partial charge in [0.25, 0.3) is 0 Å². The van der Waals surface area contributed by atoms with Crippen LogP contribution in [0.5, 0.6) is 0 Å². The first kappa shape index (κ1) is 17.8. The van der Waals surface area contributed by atoms with E-state index < -0.39 is 0 Å². The Morgan fingerprint density at radius 3 is 2.22 bits per heavy atom. The van der Waals surface area contributed by atoms with E-state index >= 15 is 0 Å². The number of benzene rings is 4. The van der Waals surface area contributed by atoms with Gasteiger partial charge in [-0.15, -0.1) is 0 Å². The third-order valence-electron chi connectivity index (χ3n) is 7.34. The van der Waals surface area contributed by atoms with Crippen LogP contribution in [0, 0.1) is 0 Å². The van der Waals surface area contributed by atoms with Gasteiger partial charge in [-0.3, -0.25) is 4.40 Å². The summed E-state index contributed by atoms with van der Waals surface area (Å²) in [7, 11) is 2.09. The van der Waals surface area contributed by atoms with Crippen molar-refractivity contribution in [1.29, 1.82) is 0 Å². The number of aryl methyl sites for hydroxylation is 1. The van der Waals surface area contributed by atoms with Crippen LogP contribution >= 0.6 is 0 Å². The van der Waals surface area contributed by atoms with Gasteiger partial charge in [0.15, 0.2) is 0 Å². The lowest BCUT2D eigenvalue weighted by molar-refractivity contribution is 0.660. The molecule has 4 aromatic carbocycles. The molecule has 0 radical (unpaired) electrons. The van der Waals surface area contributed by atoms with E-state index in [0.29, 0.717) is 0 Å². The Kier molecular flexibility index (Phi) is 3.27. The summed E-state index contributed by atoms with van der Waals surface area (Å²) < 4.78 is 4.45. The summed E-state index contributed by atoms with van der Waals surface area (Å²) in [5.41, 5.74) is 12.6. The summed E-state index contributed by atoms with van der Waals surface area (Å²) >= 11 is 0. The zero-order valence-corrected chi connectivity index (χ0v) is 18.4. The van der Waals surface area contributed by atoms with Gasteiger partial charge in [0.1, 0.15) is 0 Å². The lowest BCUT2D eigenvalue weighted by atomic mass is 9.81. The van der Waals surface area contributed by atoms with Crippen LogP contribution in [0.3, 0.4) is 0 Å². The normalized spacial score (nSPS) is 14.3. The van der Waals surface area contributed by atoms with Crippen LogP contribution in [0.1, 0.15) is 25.0 Å². The molecule has 3 nitrogen and oxygen atoms in total. The van der Waals surface area contributed by atoms with E-state index in [1.54, 1.807) is 0 Å². The Morgan fingerprint density at radius 2 is 1.34 bits per heavy atom. The molecule has 0 atom stereocenters. The number of rotatable bonds is 1. The zero-order chi connectivity index (χ0) is 21.6. The molecule has 0 aliphatic heterocycles. The topological polar surface area (TPSA) is 22.2 Å². The average Bonchev–Trinajstić information content (AvgIpc) is 3.41. The fraction of sp³-hybridized carbons (Fsp3) is 0.138. The van der Waals surface area contributed by atoms with E-state index in [1.165, 1.54) is 44.4 Å². The minimum Gasteiger partial charge on any atom is -0.313 e. The van der Waals surface area contributed by atoms with Crippen LogP contribution in [0.15, 0.2) is 84.9 Å². The molecule has 2 aromatic heterocycles. The molecule has 1 aliphatic carbocycles. The SMILES string of the molecule is Cn1c2ccccc2n2c3cc(-c4ccc5c(c4)C(C)(C)c4ccccc4-5)ccc3nc12. The van der Waals surface area contributed by atoms with Crippen LogP contribution < -0.4 is 0 Å². The third-order valence-corrected chi connectivity index (χ3v) is 7.34. The molecule has 0 saturated carbocycles. The highest BCUT2D eigenvalue weighted by Crippen LogP contribution is 2.49. The summed E-state index contributed by atoms with van der Waals surface area (Å²) in [6.07, 6.45) is 0. The number of fused-ring (bicyclic) bond motifs is 8. The van der Waals surface area contributed by atoms with Gasteiger partial charge in [-0.1, -0.05) is 68.4 Å². The predicted octanol–water partition coefficient (Wildman–Crippen LogP) is 6.95. The van der Waals surface area contributed by atoms with Crippen molar-refractivity contribution < 1.29 is 0 Å². The Hall–Kier alpha value is -3.85. The molecular weight excluding hydrogens is 390 g/mol. The Balaban J connectivity index is 1.46. The third kappa shape index (κ3) is 2.13. The van der Waals surface area contributed by atoms with Crippen LogP contribution in [0.25, 0.3) is 50.1 Å². The molecule has 0 N–H and O–H groups in total. The molecule has 154 valence electrons. The quantitative estimate of drug-likeness (QED) is 0.286. The summed E-state index contributed by atoms with van der Waals surface area (Å²) in [6.45, 7) is 4.67. The van der Waals surface area contributed by atoms with Gasteiger partial charge >= 0.3 is 0 Å². The first-order chi connectivity index (χ1) is 15.5. The van der Waals surface area contributed by atoms with E-state index in [2.05, 4.69) is 115 Å². The lowest BCUT2D eigenvalue weighted by Gasteiger charge is -2.22. The van der Waals surface area contributed by atoms with Crippen LogP contribution in [0.2, 0.25) is 0 Å². The molecule has 7 rings (SSSR count). The molecule has 32 heavy (non-hydrogen) atoms. The summed E-state index contributed by atoms with van der Waals surface area (Å²) in [6, 6.07) is 30.9. The van der Waals surface area contributed by atoms with Crippen molar-refractivity contribution in [3.8, 4) is 22.3 Å². The first-order valence-corrected chi connectivity index (χ1v) is 11.1. The second kappa shape index (κ2) is 5.89. The van der Waals surface area contributed by atoms with Crippen LogP contribution in [-0.4, -0.2) is 14.0 Å². The van der Waals surface area contributed by atoms with Crippen LogP contribution in [0.4, 0.5) is 0 Å². The largest absolute Gasteiger partial charge is 0.313 e. The summed E-state index contributed by atoms with van der Waals surface area (Å²) in [5, 5.41) is 0. The highest BCUT2D eigenvalue weighted by molar-refractivity contribution is 5.93. The van der Waals surface area contributed by atoms with E-state index in [4.69, 9.17) is 4.98 Å². The molecule has 3 heteroatoms. The average molecular weight is 414 g/mol. The fourth-order valence-corrected chi connectivity index (χ4v) is 5.63. The Morgan fingerprint density at radius 1 is 0.656 bits per heavy atom. The van der Waals surface area contributed by atoms with Gasteiger partial charge in [-0.2, -0.15) is 0 Å². The molecule has 2 heterocycles. The molecule has 0 saturated heterocycles. The Bertz CT molecular complexity index is 1710. The fourth-order valence-electron chi connectivity index (χ4n) is 5.63. The summed E-state index contributed by atoms with van der Waals surface area (Å²) in [4.78, 5) is 4.92. The number of para-hydroxylation sites is 2. The molecule has 1 aliphatic rings.